The van der Waals surface area contributed by atoms with Crippen molar-refractivity contribution >= 4 is 28.8 Å². The second-order valence-electron chi connectivity index (χ2n) is 5.09. The number of halogens is 1. The molecule has 0 aliphatic heterocycles. The van der Waals surface area contributed by atoms with Crippen LogP contribution in [0.3, 0.4) is 0 Å². The topological polar surface area (TPSA) is 85.3 Å². The number of aryl methyl sites for hydroxylation is 1. The smallest absolute Gasteiger partial charge is 0.286 e. The molecule has 0 bridgehead atoms. The zero-order valence-corrected chi connectivity index (χ0v) is 13.3. The highest BCUT2D eigenvalue weighted by Crippen LogP contribution is 2.30. The van der Waals surface area contributed by atoms with E-state index >= 15 is 0 Å². The molecule has 0 saturated carbocycles. The van der Waals surface area contributed by atoms with Crippen molar-refractivity contribution in [1.29, 1.82) is 0 Å². The Balaban J connectivity index is 0.000000198. The molecule has 5 nitrogen and oxygen atoms in total. The maximum Gasteiger partial charge on any atom is 0.286 e. The van der Waals surface area contributed by atoms with E-state index in [1.54, 1.807) is 7.05 Å². The standard InChI is InChI=1S/C11H12N2O2.C7H5FO/c1-6-3-4-8-7(5-6)9(13-2)10(15-8)11(12)14;8-7-3-1-6(5-9)2-4-7/h3-5,13H,1-2H3,(H2,12,14);1-5H. The van der Waals surface area contributed by atoms with Gasteiger partial charge < -0.3 is 15.5 Å². The minimum Gasteiger partial charge on any atom is -0.449 e. The first-order chi connectivity index (χ1) is 11.5. The molecule has 0 fully saturated rings. The van der Waals surface area contributed by atoms with E-state index in [1.165, 1.54) is 24.3 Å². The molecule has 1 heterocycles. The van der Waals surface area contributed by atoms with Gasteiger partial charge >= 0.3 is 0 Å². The number of hydrogen-bond acceptors (Lipinski definition) is 4. The minimum absolute atomic E-state index is 0.179. The molecule has 0 saturated heterocycles. The van der Waals surface area contributed by atoms with Gasteiger partial charge in [0.15, 0.2) is 0 Å². The predicted octanol–water partition coefficient (Wildman–Crippen LogP) is 3.52. The Hall–Kier alpha value is -3.15. The highest BCUT2D eigenvalue weighted by molar-refractivity contribution is 6.05. The van der Waals surface area contributed by atoms with Crippen molar-refractivity contribution in [3.63, 3.8) is 0 Å². The van der Waals surface area contributed by atoms with E-state index in [4.69, 9.17) is 10.2 Å². The second kappa shape index (κ2) is 7.41. The highest BCUT2D eigenvalue weighted by atomic mass is 19.1. The lowest BCUT2D eigenvalue weighted by Gasteiger charge is -1.98. The van der Waals surface area contributed by atoms with Crippen LogP contribution < -0.4 is 11.1 Å². The fraction of sp³-hybridized carbons (Fsp3) is 0.111. The van der Waals surface area contributed by atoms with E-state index in [2.05, 4.69) is 5.32 Å². The third-order valence-corrected chi connectivity index (χ3v) is 3.32. The Kier molecular flexibility index (Phi) is 5.31. The van der Waals surface area contributed by atoms with Crippen molar-refractivity contribution in [1.82, 2.24) is 0 Å². The summed E-state index contributed by atoms with van der Waals surface area (Å²) in [6, 6.07) is 11.1. The summed E-state index contributed by atoms with van der Waals surface area (Å²) in [5.74, 6) is -0.702. The number of furan rings is 1. The van der Waals surface area contributed by atoms with Crippen molar-refractivity contribution in [2.24, 2.45) is 5.73 Å². The van der Waals surface area contributed by atoms with Crippen LogP contribution >= 0.6 is 0 Å². The van der Waals surface area contributed by atoms with E-state index in [-0.39, 0.29) is 11.6 Å². The number of benzene rings is 2. The molecule has 1 aromatic heterocycles. The zero-order chi connectivity index (χ0) is 17.7. The summed E-state index contributed by atoms with van der Waals surface area (Å²) in [4.78, 5) is 21.1. The van der Waals surface area contributed by atoms with E-state index in [9.17, 15) is 14.0 Å². The summed E-state index contributed by atoms with van der Waals surface area (Å²) in [6.07, 6.45) is 0.680. The number of aldehydes is 1. The van der Waals surface area contributed by atoms with Crippen molar-refractivity contribution in [2.75, 3.05) is 12.4 Å². The van der Waals surface area contributed by atoms with Gasteiger partial charge in [0, 0.05) is 18.0 Å². The predicted molar refractivity (Wildman–Crippen MR) is 90.8 cm³/mol. The summed E-state index contributed by atoms with van der Waals surface area (Å²) in [6.45, 7) is 1.98. The van der Waals surface area contributed by atoms with Crippen LogP contribution in [-0.2, 0) is 0 Å². The van der Waals surface area contributed by atoms with E-state index < -0.39 is 5.91 Å². The zero-order valence-electron chi connectivity index (χ0n) is 13.3. The van der Waals surface area contributed by atoms with E-state index in [1.807, 2.05) is 25.1 Å². The normalized spacial score (nSPS) is 9.96. The maximum atomic E-state index is 12.1. The molecule has 0 aliphatic carbocycles. The van der Waals surface area contributed by atoms with Gasteiger partial charge in [-0.15, -0.1) is 0 Å². The summed E-state index contributed by atoms with van der Waals surface area (Å²) >= 11 is 0. The van der Waals surface area contributed by atoms with E-state index in [0.717, 1.165) is 10.9 Å². The summed E-state index contributed by atoms with van der Waals surface area (Å²) in [7, 11) is 1.74. The van der Waals surface area contributed by atoms with E-state index in [0.29, 0.717) is 23.1 Å². The molecule has 124 valence electrons. The molecule has 24 heavy (non-hydrogen) atoms. The summed E-state index contributed by atoms with van der Waals surface area (Å²) < 4.78 is 17.5. The molecule has 3 aromatic rings. The first-order valence-corrected chi connectivity index (χ1v) is 7.17. The first-order valence-electron chi connectivity index (χ1n) is 7.17. The molecule has 2 aromatic carbocycles. The van der Waals surface area contributed by atoms with Gasteiger partial charge in [0.25, 0.3) is 5.91 Å². The van der Waals surface area contributed by atoms with Crippen molar-refractivity contribution < 1.29 is 18.4 Å². The molecule has 3 rings (SSSR count). The third kappa shape index (κ3) is 3.78. The number of carbonyl (C=O) groups excluding carboxylic acids is 2. The van der Waals surface area contributed by atoms with Crippen molar-refractivity contribution in [3.05, 3.63) is 65.2 Å². The molecule has 0 aliphatic rings. The van der Waals surface area contributed by atoms with Gasteiger partial charge in [-0.1, -0.05) is 11.6 Å². The fourth-order valence-electron chi connectivity index (χ4n) is 2.17. The summed E-state index contributed by atoms with van der Waals surface area (Å²) in [5, 5.41) is 3.81. The van der Waals surface area contributed by atoms with Crippen LogP contribution in [0.5, 0.6) is 0 Å². The number of anilines is 1. The number of carbonyl (C=O) groups is 2. The van der Waals surface area contributed by atoms with Crippen LogP contribution in [0, 0.1) is 12.7 Å². The maximum absolute atomic E-state index is 12.1. The van der Waals surface area contributed by atoms with Gasteiger partial charge in [-0.3, -0.25) is 9.59 Å². The number of amides is 1. The lowest BCUT2D eigenvalue weighted by Crippen LogP contribution is -2.11. The van der Waals surface area contributed by atoms with Crippen LogP contribution in [0.15, 0.2) is 46.9 Å². The monoisotopic (exact) mass is 328 g/mol. The number of primary amides is 1. The molecular formula is C18H17FN2O3. The van der Waals surface area contributed by atoms with Gasteiger partial charge in [0.1, 0.15) is 17.7 Å². The van der Waals surface area contributed by atoms with Crippen LogP contribution in [0.4, 0.5) is 10.1 Å². The first kappa shape index (κ1) is 17.2. The fourth-order valence-corrected chi connectivity index (χ4v) is 2.17. The molecule has 0 unspecified atom stereocenters. The minimum atomic E-state index is -0.562. The highest BCUT2D eigenvalue weighted by Gasteiger charge is 2.16. The lowest BCUT2D eigenvalue weighted by molar-refractivity contribution is 0.0976. The van der Waals surface area contributed by atoms with Crippen LogP contribution in [-0.4, -0.2) is 19.2 Å². The number of nitrogens with two attached hydrogens (primary N) is 1. The molecule has 0 spiro atoms. The Morgan fingerprint density at radius 2 is 1.88 bits per heavy atom. The number of fused-ring (bicyclic) bond motifs is 1. The Morgan fingerprint density at radius 3 is 2.42 bits per heavy atom. The summed E-state index contributed by atoms with van der Waals surface area (Å²) in [5.41, 5.74) is 8.14. The van der Waals surface area contributed by atoms with Crippen LogP contribution in [0.2, 0.25) is 0 Å². The van der Waals surface area contributed by atoms with Gasteiger partial charge in [-0.2, -0.15) is 0 Å². The van der Waals surface area contributed by atoms with Gasteiger partial charge in [0.05, 0.1) is 5.69 Å². The molecule has 3 N–H and O–H groups in total. The Bertz CT molecular complexity index is 870. The quantitative estimate of drug-likeness (QED) is 0.720. The van der Waals surface area contributed by atoms with Gasteiger partial charge in [-0.05, 0) is 43.3 Å². The lowest BCUT2D eigenvalue weighted by atomic mass is 10.1. The van der Waals surface area contributed by atoms with Crippen molar-refractivity contribution in [2.45, 2.75) is 6.92 Å². The molecule has 1 amide bonds. The average Bonchev–Trinajstić information content (AvgIpc) is 2.94. The van der Waals surface area contributed by atoms with Gasteiger partial charge in [-0.25, -0.2) is 4.39 Å². The SMILES string of the molecule is CNc1c(C(N)=O)oc2ccc(C)cc12.O=Cc1ccc(F)cc1. The van der Waals surface area contributed by atoms with Gasteiger partial charge in [0.2, 0.25) is 5.76 Å². The third-order valence-electron chi connectivity index (χ3n) is 3.32. The molecule has 0 atom stereocenters. The largest absolute Gasteiger partial charge is 0.449 e. The number of hydrogen-bond donors (Lipinski definition) is 2. The Labute approximate surface area is 138 Å². The second-order valence-corrected chi connectivity index (χ2v) is 5.09. The van der Waals surface area contributed by atoms with Crippen LogP contribution in [0.25, 0.3) is 11.0 Å². The van der Waals surface area contributed by atoms with Crippen LogP contribution in [0.1, 0.15) is 26.5 Å². The van der Waals surface area contributed by atoms with Crippen molar-refractivity contribution in [3.8, 4) is 0 Å². The number of rotatable bonds is 3. The molecular weight excluding hydrogens is 311 g/mol. The Morgan fingerprint density at radius 1 is 1.21 bits per heavy atom. The molecule has 0 radical (unpaired) electrons. The number of nitrogens with one attached hydrogen (secondary N) is 1. The average molecular weight is 328 g/mol. The molecule has 6 heteroatoms.